The molecular weight excluding hydrogens is 244 g/mol. The van der Waals surface area contributed by atoms with Crippen LogP contribution < -0.4 is 0 Å². The molecule has 4 rings (SSSR count). The predicted molar refractivity (Wildman–Crippen MR) is 67.5 cm³/mol. The van der Waals surface area contributed by atoms with Crippen molar-refractivity contribution in [3.63, 3.8) is 0 Å². The number of carbonyl (C=O) groups excluding carboxylic acids is 1. The quantitative estimate of drug-likeness (QED) is 0.716. The number of rotatable bonds is 2. The maximum absolute atomic E-state index is 11.5. The third kappa shape index (κ3) is 1.44. The average molecular weight is 266 g/mol. The second kappa shape index (κ2) is 3.95. The molecule has 4 aliphatic heterocycles. The van der Waals surface area contributed by atoms with Crippen LogP contribution in [0, 0.1) is 17.3 Å². The number of cyclic esters (lactones) is 1. The van der Waals surface area contributed by atoms with Gasteiger partial charge in [0.1, 0.15) is 6.61 Å². The van der Waals surface area contributed by atoms with Crippen LogP contribution in [0.25, 0.3) is 0 Å². The summed E-state index contributed by atoms with van der Waals surface area (Å²) in [7, 11) is 0. The zero-order chi connectivity index (χ0) is 13.2. The molecule has 4 heterocycles. The van der Waals surface area contributed by atoms with Gasteiger partial charge in [0, 0.05) is 17.3 Å². The lowest BCUT2D eigenvalue weighted by Gasteiger charge is -2.36. The fourth-order valence-electron chi connectivity index (χ4n) is 5.07. The van der Waals surface area contributed by atoms with Crippen molar-refractivity contribution >= 4 is 5.97 Å². The van der Waals surface area contributed by atoms with E-state index < -0.39 is 0 Å². The van der Waals surface area contributed by atoms with Gasteiger partial charge < -0.3 is 14.2 Å². The summed E-state index contributed by atoms with van der Waals surface area (Å²) in [6, 6.07) is 0. The Labute approximate surface area is 113 Å². The molecule has 0 N–H and O–H groups in total. The minimum atomic E-state index is -0.0493. The molecule has 2 bridgehead atoms. The second-order valence-electron chi connectivity index (χ2n) is 6.68. The molecule has 4 heteroatoms. The van der Waals surface area contributed by atoms with Crippen LogP contribution in [0.15, 0.2) is 0 Å². The van der Waals surface area contributed by atoms with Gasteiger partial charge in [0.2, 0.25) is 0 Å². The van der Waals surface area contributed by atoms with Crippen molar-refractivity contribution in [1.82, 2.24) is 0 Å². The van der Waals surface area contributed by atoms with E-state index in [2.05, 4.69) is 13.8 Å². The topological polar surface area (TPSA) is 44.8 Å². The normalized spacial score (nSPS) is 54.9. The average Bonchev–Trinajstić information content (AvgIpc) is 3.11. The van der Waals surface area contributed by atoms with Crippen LogP contribution in [0.2, 0.25) is 0 Å². The van der Waals surface area contributed by atoms with Gasteiger partial charge in [-0.3, -0.25) is 4.79 Å². The summed E-state index contributed by atoms with van der Waals surface area (Å²) < 4.78 is 17.8. The van der Waals surface area contributed by atoms with Gasteiger partial charge in [0.15, 0.2) is 0 Å². The van der Waals surface area contributed by atoms with E-state index in [1.54, 1.807) is 0 Å². The Kier molecular flexibility index (Phi) is 2.53. The lowest BCUT2D eigenvalue weighted by Crippen LogP contribution is -2.45. The van der Waals surface area contributed by atoms with E-state index in [4.69, 9.17) is 14.2 Å². The minimum absolute atomic E-state index is 0.0394. The van der Waals surface area contributed by atoms with Crippen molar-refractivity contribution in [3.05, 3.63) is 0 Å². The van der Waals surface area contributed by atoms with Crippen LogP contribution in [-0.2, 0) is 19.0 Å². The highest BCUT2D eigenvalue weighted by molar-refractivity contribution is 5.73. The van der Waals surface area contributed by atoms with Gasteiger partial charge in [-0.05, 0) is 19.3 Å². The molecule has 0 amide bonds. The highest BCUT2D eigenvalue weighted by atomic mass is 16.6. The highest BCUT2D eigenvalue weighted by Crippen LogP contribution is 2.62. The van der Waals surface area contributed by atoms with E-state index in [-0.39, 0.29) is 23.6 Å². The van der Waals surface area contributed by atoms with Crippen LogP contribution in [0.3, 0.4) is 0 Å². The molecule has 0 aliphatic carbocycles. The molecule has 0 aromatic carbocycles. The van der Waals surface area contributed by atoms with Crippen molar-refractivity contribution in [2.24, 2.45) is 17.3 Å². The SMILES string of the molecule is CCC1OC(CC)C2C1C1CC3(COC(=O)C3)C2O1. The number of ether oxygens (including phenoxy) is 3. The van der Waals surface area contributed by atoms with Gasteiger partial charge in [-0.1, -0.05) is 13.8 Å². The summed E-state index contributed by atoms with van der Waals surface area (Å²) in [5, 5.41) is 0. The Hall–Kier alpha value is -0.610. The smallest absolute Gasteiger partial charge is 0.306 e. The molecule has 0 radical (unpaired) electrons. The summed E-state index contributed by atoms with van der Waals surface area (Å²) in [5.74, 6) is 0.969. The molecule has 4 fully saturated rings. The zero-order valence-corrected chi connectivity index (χ0v) is 11.6. The van der Waals surface area contributed by atoms with E-state index in [0.29, 0.717) is 37.1 Å². The first kappa shape index (κ1) is 12.2. The number of fused-ring (bicyclic) bond motifs is 6. The Balaban J connectivity index is 1.65. The maximum Gasteiger partial charge on any atom is 0.306 e. The van der Waals surface area contributed by atoms with Crippen molar-refractivity contribution in [2.45, 2.75) is 63.9 Å². The molecule has 106 valence electrons. The van der Waals surface area contributed by atoms with Crippen molar-refractivity contribution < 1.29 is 19.0 Å². The standard InChI is InChI=1S/C15H22O4/c1-3-8-12-10-5-15(6-11(16)17-7-15)14(19-10)13(12)9(4-2)18-8/h8-10,12-14H,3-7H2,1-2H3. The predicted octanol–water partition coefficient (Wildman–Crippen LogP) is 1.91. The van der Waals surface area contributed by atoms with Gasteiger partial charge in [-0.25, -0.2) is 0 Å². The Morgan fingerprint density at radius 2 is 1.89 bits per heavy atom. The third-order valence-corrected chi connectivity index (χ3v) is 5.79. The highest BCUT2D eigenvalue weighted by Gasteiger charge is 2.69. The van der Waals surface area contributed by atoms with Crippen LogP contribution in [0.4, 0.5) is 0 Å². The molecular formula is C15H22O4. The number of hydrogen-bond donors (Lipinski definition) is 0. The van der Waals surface area contributed by atoms with Crippen LogP contribution in [0.1, 0.15) is 39.5 Å². The molecule has 4 nitrogen and oxygen atoms in total. The Morgan fingerprint density at radius 3 is 2.53 bits per heavy atom. The molecule has 4 aliphatic rings. The monoisotopic (exact) mass is 266 g/mol. The van der Waals surface area contributed by atoms with Gasteiger partial charge in [0.25, 0.3) is 0 Å². The summed E-state index contributed by atoms with van der Waals surface area (Å²) >= 11 is 0. The van der Waals surface area contributed by atoms with E-state index in [1.807, 2.05) is 0 Å². The van der Waals surface area contributed by atoms with E-state index in [1.165, 1.54) is 0 Å². The van der Waals surface area contributed by atoms with Crippen molar-refractivity contribution in [2.75, 3.05) is 6.61 Å². The maximum atomic E-state index is 11.5. The first-order chi connectivity index (χ1) is 9.18. The number of hydrogen-bond acceptors (Lipinski definition) is 4. The van der Waals surface area contributed by atoms with Gasteiger partial charge in [-0.2, -0.15) is 0 Å². The fourth-order valence-corrected chi connectivity index (χ4v) is 5.07. The number of carbonyl (C=O) groups is 1. The summed E-state index contributed by atoms with van der Waals surface area (Å²) in [5.41, 5.74) is -0.0394. The third-order valence-electron chi connectivity index (χ3n) is 5.79. The number of esters is 1. The van der Waals surface area contributed by atoms with Crippen LogP contribution in [-0.4, -0.2) is 37.0 Å². The first-order valence-corrected chi connectivity index (χ1v) is 7.65. The Bertz CT molecular complexity index is 409. The lowest BCUT2D eigenvalue weighted by atomic mass is 9.63. The molecule has 0 aromatic heterocycles. The summed E-state index contributed by atoms with van der Waals surface area (Å²) in [6.07, 6.45) is 4.74. The molecule has 0 saturated carbocycles. The van der Waals surface area contributed by atoms with E-state index >= 15 is 0 Å². The van der Waals surface area contributed by atoms with Crippen molar-refractivity contribution in [3.8, 4) is 0 Å². The van der Waals surface area contributed by atoms with Crippen LogP contribution >= 0.6 is 0 Å². The molecule has 1 spiro atoms. The molecule has 7 unspecified atom stereocenters. The lowest BCUT2D eigenvalue weighted by molar-refractivity contribution is -0.137. The summed E-state index contributed by atoms with van der Waals surface area (Å²) in [6.45, 7) is 4.95. The van der Waals surface area contributed by atoms with Gasteiger partial charge in [-0.15, -0.1) is 0 Å². The summed E-state index contributed by atoms with van der Waals surface area (Å²) in [4.78, 5) is 11.5. The first-order valence-electron chi connectivity index (χ1n) is 7.65. The van der Waals surface area contributed by atoms with Gasteiger partial charge >= 0.3 is 5.97 Å². The molecule has 0 aromatic rings. The van der Waals surface area contributed by atoms with Crippen molar-refractivity contribution in [1.29, 1.82) is 0 Å². The van der Waals surface area contributed by atoms with E-state index in [0.717, 1.165) is 19.3 Å². The largest absolute Gasteiger partial charge is 0.465 e. The second-order valence-corrected chi connectivity index (χ2v) is 6.68. The minimum Gasteiger partial charge on any atom is -0.465 e. The van der Waals surface area contributed by atoms with Gasteiger partial charge in [0.05, 0.1) is 30.8 Å². The molecule has 7 atom stereocenters. The zero-order valence-electron chi connectivity index (χ0n) is 11.6. The Morgan fingerprint density at radius 1 is 1.16 bits per heavy atom. The fraction of sp³-hybridized carbons (Fsp3) is 0.933. The molecule has 4 saturated heterocycles. The van der Waals surface area contributed by atoms with E-state index in [9.17, 15) is 4.79 Å². The van der Waals surface area contributed by atoms with Crippen LogP contribution in [0.5, 0.6) is 0 Å². The molecule has 19 heavy (non-hydrogen) atoms.